The van der Waals surface area contributed by atoms with Gasteiger partial charge in [0.1, 0.15) is 11.5 Å². The summed E-state index contributed by atoms with van der Waals surface area (Å²) in [6.45, 7) is 5.16. The van der Waals surface area contributed by atoms with E-state index >= 15 is 0 Å². The van der Waals surface area contributed by atoms with Crippen molar-refractivity contribution in [1.82, 2.24) is 0 Å². The van der Waals surface area contributed by atoms with Crippen LogP contribution < -0.4 is 30.7 Å². The summed E-state index contributed by atoms with van der Waals surface area (Å²) >= 11 is 0. The molecular formula is C36H34N4O6. The number of hydrogen-bond donors (Lipinski definition) is 2. The molecule has 2 aliphatic rings. The minimum absolute atomic E-state index is 0.227. The fraction of sp³-hybridized carbons (Fsp3) is 0.222. The fourth-order valence-corrected chi connectivity index (χ4v) is 5.58. The van der Waals surface area contributed by atoms with E-state index in [1.807, 2.05) is 0 Å². The zero-order valence-corrected chi connectivity index (χ0v) is 25.7. The fourth-order valence-electron chi connectivity index (χ4n) is 5.58. The summed E-state index contributed by atoms with van der Waals surface area (Å²) in [5, 5.41) is 0. The number of amides is 4. The van der Waals surface area contributed by atoms with Crippen LogP contribution in [0.3, 0.4) is 0 Å². The number of anilines is 4. The number of hydrogen-bond acceptors (Lipinski definition) is 8. The molecule has 0 atom stereocenters. The van der Waals surface area contributed by atoms with Gasteiger partial charge in [-0.25, -0.2) is 9.80 Å². The molecule has 0 saturated heterocycles. The first kappa shape index (κ1) is 30.4. The van der Waals surface area contributed by atoms with Crippen LogP contribution in [-0.2, 0) is 0 Å². The number of carbonyl (C=O) groups excluding carboxylic acids is 4. The molecule has 0 radical (unpaired) electrons. The average Bonchev–Trinajstić information content (AvgIpc) is 3.45. The second kappa shape index (κ2) is 12.4. The molecule has 46 heavy (non-hydrogen) atoms. The third kappa shape index (κ3) is 5.32. The minimum Gasteiger partial charge on any atom is -0.491 e. The first-order valence-corrected chi connectivity index (χ1v) is 15.3. The van der Waals surface area contributed by atoms with Crippen molar-refractivity contribution in [3.63, 3.8) is 0 Å². The molecule has 4 aromatic carbocycles. The van der Waals surface area contributed by atoms with Crippen LogP contribution in [-0.4, -0.2) is 36.8 Å². The Morgan fingerprint density at radius 2 is 0.913 bits per heavy atom. The van der Waals surface area contributed by atoms with E-state index in [2.05, 4.69) is 13.8 Å². The quantitative estimate of drug-likeness (QED) is 0.110. The summed E-state index contributed by atoms with van der Waals surface area (Å²) in [4.78, 5) is 55.8. The average molecular weight is 619 g/mol. The number of fused-ring (bicyclic) bond motifs is 2. The van der Waals surface area contributed by atoms with Crippen LogP contribution >= 0.6 is 0 Å². The molecule has 0 aliphatic carbocycles. The van der Waals surface area contributed by atoms with E-state index in [0.717, 1.165) is 35.5 Å². The molecule has 4 amide bonds. The molecule has 0 saturated carbocycles. The Labute approximate surface area is 266 Å². The maximum Gasteiger partial charge on any atom is 0.266 e. The number of nitrogens with two attached hydrogens (primary N) is 2. The van der Waals surface area contributed by atoms with E-state index in [0.29, 0.717) is 58.6 Å². The number of benzene rings is 4. The molecule has 234 valence electrons. The van der Waals surface area contributed by atoms with Gasteiger partial charge in [-0.3, -0.25) is 19.2 Å². The van der Waals surface area contributed by atoms with Crippen LogP contribution in [0.25, 0.3) is 11.1 Å². The molecule has 0 spiro atoms. The van der Waals surface area contributed by atoms with E-state index in [9.17, 15) is 19.2 Å². The maximum absolute atomic E-state index is 13.5. The zero-order chi connectivity index (χ0) is 32.5. The van der Waals surface area contributed by atoms with Gasteiger partial charge in [-0.1, -0.05) is 38.8 Å². The molecule has 0 aromatic heterocycles. The molecule has 0 fully saturated rings. The van der Waals surface area contributed by atoms with Gasteiger partial charge in [0.15, 0.2) is 0 Å². The highest BCUT2D eigenvalue weighted by atomic mass is 16.5. The molecular weight excluding hydrogens is 584 g/mol. The largest absolute Gasteiger partial charge is 0.491 e. The maximum atomic E-state index is 13.5. The molecule has 10 nitrogen and oxygen atoms in total. The summed E-state index contributed by atoms with van der Waals surface area (Å²) in [5.41, 5.74) is 15.9. The summed E-state index contributed by atoms with van der Waals surface area (Å²) in [6.07, 6.45) is 3.72. The Bertz CT molecular complexity index is 1760. The monoisotopic (exact) mass is 618 g/mol. The normalized spacial score (nSPS) is 13.8. The number of nitrogens with zero attached hydrogens (tertiary/aromatic N) is 2. The number of unbranched alkanes of at least 4 members (excludes halogenated alkanes) is 2. The third-order valence-electron chi connectivity index (χ3n) is 8.12. The van der Waals surface area contributed by atoms with Crippen molar-refractivity contribution >= 4 is 46.4 Å². The van der Waals surface area contributed by atoms with Crippen molar-refractivity contribution in [2.24, 2.45) is 0 Å². The molecule has 0 bridgehead atoms. The highest BCUT2D eigenvalue weighted by Crippen LogP contribution is 2.37. The molecule has 6 rings (SSSR count). The van der Waals surface area contributed by atoms with E-state index in [1.165, 1.54) is 0 Å². The Hall–Kier alpha value is -5.64. The number of rotatable bonds is 11. The zero-order valence-electron chi connectivity index (χ0n) is 25.7. The lowest BCUT2D eigenvalue weighted by Crippen LogP contribution is -2.29. The standard InChI is InChI=1S/C36H34N4O6/c1-3-5-15-45-31-13-9-23(19-29(31)37)39-33(41)25-11-7-21(17-27(25)35(39)43)22-8-12-26-28(18-22)36(44)40(34(26)42)24-10-14-32(30(38)20-24)46-16-6-4-2/h7-14,17-20H,3-6,15-16,37-38H2,1-2H3. The van der Waals surface area contributed by atoms with Crippen LogP contribution in [0.5, 0.6) is 11.5 Å². The molecule has 0 unspecified atom stereocenters. The SMILES string of the molecule is CCCCOc1ccc(N2C(=O)c3ccc(-c4ccc5c(c4)C(=O)N(c4ccc(OCCCC)c(N)c4)C5=O)cc3C2=O)cc1N. The minimum atomic E-state index is -0.487. The second-order valence-corrected chi connectivity index (χ2v) is 11.3. The second-order valence-electron chi connectivity index (χ2n) is 11.3. The Balaban J connectivity index is 1.24. The number of ether oxygens (including phenoxy) is 2. The van der Waals surface area contributed by atoms with Crippen molar-refractivity contribution in [3.8, 4) is 22.6 Å². The van der Waals surface area contributed by atoms with Crippen molar-refractivity contribution in [1.29, 1.82) is 0 Å². The Kier molecular flexibility index (Phi) is 8.19. The predicted octanol–water partition coefficient (Wildman–Crippen LogP) is 6.48. The van der Waals surface area contributed by atoms with E-state index in [4.69, 9.17) is 20.9 Å². The Morgan fingerprint density at radius 1 is 0.522 bits per heavy atom. The summed E-state index contributed by atoms with van der Waals surface area (Å²) < 4.78 is 11.4. The van der Waals surface area contributed by atoms with E-state index in [1.54, 1.807) is 72.8 Å². The van der Waals surface area contributed by atoms with Gasteiger partial charge in [-0.05, 0) is 84.6 Å². The summed E-state index contributed by atoms with van der Waals surface area (Å²) in [7, 11) is 0. The first-order valence-electron chi connectivity index (χ1n) is 15.3. The van der Waals surface area contributed by atoms with Gasteiger partial charge in [0.05, 0.1) is 58.2 Å². The summed E-state index contributed by atoms with van der Waals surface area (Å²) in [6, 6.07) is 19.6. The van der Waals surface area contributed by atoms with E-state index < -0.39 is 23.6 Å². The van der Waals surface area contributed by atoms with Crippen molar-refractivity contribution in [3.05, 3.63) is 95.1 Å². The van der Waals surface area contributed by atoms with Crippen LogP contribution in [0.4, 0.5) is 22.7 Å². The van der Waals surface area contributed by atoms with Gasteiger partial charge < -0.3 is 20.9 Å². The number of carbonyl (C=O) groups is 4. The lowest BCUT2D eigenvalue weighted by Gasteiger charge is -2.16. The molecule has 2 heterocycles. The smallest absolute Gasteiger partial charge is 0.266 e. The lowest BCUT2D eigenvalue weighted by molar-refractivity contribution is 0.0910. The lowest BCUT2D eigenvalue weighted by atomic mass is 9.97. The van der Waals surface area contributed by atoms with Gasteiger partial charge in [0, 0.05) is 0 Å². The van der Waals surface area contributed by atoms with E-state index in [-0.39, 0.29) is 22.3 Å². The molecule has 2 aliphatic heterocycles. The van der Waals surface area contributed by atoms with Crippen molar-refractivity contribution in [2.45, 2.75) is 39.5 Å². The van der Waals surface area contributed by atoms with Crippen LogP contribution in [0.1, 0.15) is 81.0 Å². The van der Waals surface area contributed by atoms with Crippen molar-refractivity contribution < 1.29 is 28.7 Å². The Morgan fingerprint density at radius 3 is 1.28 bits per heavy atom. The van der Waals surface area contributed by atoms with Gasteiger partial charge in [-0.2, -0.15) is 0 Å². The predicted molar refractivity (Wildman–Crippen MR) is 177 cm³/mol. The highest BCUT2D eigenvalue weighted by molar-refractivity contribution is 6.36. The van der Waals surface area contributed by atoms with Gasteiger partial charge in [0.2, 0.25) is 0 Å². The topological polar surface area (TPSA) is 145 Å². The van der Waals surface area contributed by atoms with Gasteiger partial charge in [-0.15, -0.1) is 0 Å². The summed E-state index contributed by atoms with van der Waals surface area (Å²) in [5.74, 6) is -0.903. The van der Waals surface area contributed by atoms with Crippen LogP contribution in [0.2, 0.25) is 0 Å². The number of imide groups is 2. The molecule has 10 heteroatoms. The highest BCUT2D eigenvalue weighted by Gasteiger charge is 2.39. The molecule has 4 N–H and O–H groups in total. The first-order chi connectivity index (χ1) is 22.2. The van der Waals surface area contributed by atoms with Gasteiger partial charge in [0.25, 0.3) is 23.6 Å². The van der Waals surface area contributed by atoms with Crippen LogP contribution in [0.15, 0.2) is 72.8 Å². The van der Waals surface area contributed by atoms with Crippen molar-refractivity contribution in [2.75, 3.05) is 34.5 Å². The molecule has 4 aromatic rings. The van der Waals surface area contributed by atoms with Gasteiger partial charge >= 0.3 is 0 Å². The number of nitrogen functional groups attached to an aromatic ring is 2. The third-order valence-corrected chi connectivity index (χ3v) is 8.12. The van der Waals surface area contributed by atoms with Crippen LogP contribution in [0, 0.1) is 0 Å².